The predicted molar refractivity (Wildman–Crippen MR) is 89.1 cm³/mol. The lowest BCUT2D eigenvalue weighted by Crippen LogP contribution is -2.18. The molecule has 4 nitrogen and oxygen atoms in total. The van der Waals surface area contributed by atoms with Crippen LogP contribution >= 0.6 is 0 Å². The number of aryl methyl sites for hydroxylation is 2. The van der Waals surface area contributed by atoms with Crippen LogP contribution in [-0.4, -0.2) is 15.3 Å². The number of amides is 1. The van der Waals surface area contributed by atoms with Gasteiger partial charge in [-0.3, -0.25) is 9.20 Å². The molecule has 3 aromatic rings. The Balaban J connectivity index is 2.05. The van der Waals surface area contributed by atoms with Gasteiger partial charge in [-0.1, -0.05) is 6.07 Å². The lowest BCUT2D eigenvalue weighted by atomic mass is 10.1. The van der Waals surface area contributed by atoms with Crippen molar-refractivity contribution in [1.29, 1.82) is 0 Å². The highest BCUT2D eigenvalue weighted by atomic mass is 19.4. The number of alkyl halides is 6. The minimum absolute atomic E-state index is 0.00150. The van der Waals surface area contributed by atoms with E-state index in [-0.39, 0.29) is 17.5 Å². The Bertz CT molecular complexity index is 1030. The first kappa shape index (κ1) is 19.7. The number of benzene rings is 1. The maximum atomic E-state index is 13.0. The highest BCUT2D eigenvalue weighted by Gasteiger charge is 2.37. The van der Waals surface area contributed by atoms with Crippen molar-refractivity contribution in [3.05, 3.63) is 64.6 Å². The smallest absolute Gasteiger partial charge is 0.321 e. The number of rotatable bonds is 2. The zero-order chi connectivity index (χ0) is 20.9. The van der Waals surface area contributed by atoms with Crippen LogP contribution in [0.5, 0.6) is 0 Å². The summed E-state index contributed by atoms with van der Waals surface area (Å²) in [5, 5.41) is 2.12. The Kier molecular flexibility index (Phi) is 4.60. The number of nitrogens with zero attached hydrogens (tertiary/aromatic N) is 2. The van der Waals surface area contributed by atoms with Crippen molar-refractivity contribution in [2.75, 3.05) is 5.32 Å². The topological polar surface area (TPSA) is 46.4 Å². The number of hydrogen-bond acceptors (Lipinski definition) is 2. The van der Waals surface area contributed by atoms with Gasteiger partial charge < -0.3 is 5.32 Å². The van der Waals surface area contributed by atoms with Crippen LogP contribution in [0, 0.1) is 13.8 Å². The van der Waals surface area contributed by atoms with Gasteiger partial charge in [-0.2, -0.15) is 26.3 Å². The largest absolute Gasteiger partial charge is 0.416 e. The van der Waals surface area contributed by atoms with Crippen molar-refractivity contribution in [1.82, 2.24) is 9.38 Å². The quantitative estimate of drug-likeness (QED) is 0.597. The number of halogens is 6. The van der Waals surface area contributed by atoms with Gasteiger partial charge in [0.15, 0.2) is 0 Å². The van der Waals surface area contributed by atoms with Gasteiger partial charge in [-0.05, 0) is 43.7 Å². The van der Waals surface area contributed by atoms with Crippen LogP contribution in [0.3, 0.4) is 0 Å². The van der Waals surface area contributed by atoms with E-state index in [9.17, 15) is 31.1 Å². The third kappa shape index (κ3) is 3.80. The summed E-state index contributed by atoms with van der Waals surface area (Å²) >= 11 is 0. The Morgan fingerprint density at radius 2 is 1.54 bits per heavy atom. The molecule has 0 saturated heterocycles. The summed E-state index contributed by atoms with van der Waals surface area (Å²) in [6.07, 6.45) is -8.41. The monoisotopic (exact) mass is 401 g/mol. The molecule has 0 aliphatic heterocycles. The minimum atomic E-state index is -5.00. The Hall–Kier alpha value is -3.04. The van der Waals surface area contributed by atoms with Gasteiger partial charge in [0.25, 0.3) is 5.91 Å². The van der Waals surface area contributed by atoms with E-state index in [1.165, 1.54) is 11.3 Å². The molecule has 0 unspecified atom stereocenters. The van der Waals surface area contributed by atoms with Crippen molar-refractivity contribution in [2.24, 2.45) is 0 Å². The molecule has 2 heterocycles. The number of carbonyl (C=O) groups excluding carboxylic acids is 1. The maximum absolute atomic E-state index is 13.0. The molecule has 0 atom stereocenters. The number of fused-ring (bicyclic) bond motifs is 1. The molecule has 1 aromatic carbocycles. The summed E-state index contributed by atoms with van der Waals surface area (Å²) < 4.78 is 79.2. The van der Waals surface area contributed by atoms with E-state index in [1.54, 1.807) is 25.3 Å². The van der Waals surface area contributed by atoms with Crippen molar-refractivity contribution in [2.45, 2.75) is 26.2 Å². The summed E-state index contributed by atoms with van der Waals surface area (Å²) in [5.41, 5.74) is -2.12. The average molecular weight is 401 g/mol. The zero-order valence-corrected chi connectivity index (χ0v) is 14.5. The maximum Gasteiger partial charge on any atom is 0.416 e. The molecule has 148 valence electrons. The molecular formula is C18H13F6N3O. The Morgan fingerprint density at radius 3 is 2.07 bits per heavy atom. The predicted octanol–water partition coefficient (Wildman–Crippen LogP) is 5.24. The Labute approximate surface area is 154 Å². The van der Waals surface area contributed by atoms with E-state index >= 15 is 0 Å². The van der Waals surface area contributed by atoms with E-state index in [0.29, 0.717) is 17.8 Å². The molecule has 0 fully saturated rings. The van der Waals surface area contributed by atoms with E-state index in [1.807, 2.05) is 0 Å². The van der Waals surface area contributed by atoms with Crippen LogP contribution in [0.1, 0.15) is 32.9 Å². The first-order valence-electron chi connectivity index (χ1n) is 7.92. The number of pyridine rings is 1. The zero-order valence-electron chi connectivity index (χ0n) is 14.5. The summed E-state index contributed by atoms with van der Waals surface area (Å²) in [4.78, 5) is 16.8. The lowest BCUT2D eigenvalue weighted by Gasteiger charge is -2.15. The summed E-state index contributed by atoms with van der Waals surface area (Å²) in [7, 11) is 0. The highest BCUT2D eigenvalue weighted by molar-refractivity contribution is 6.04. The van der Waals surface area contributed by atoms with Gasteiger partial charge in [0.2, 0.25) is 0 Å². The highest BCUT2D eigenvalue weighted by Crippen LogP contribution is 2.37. The second-order valence-corrected chi connectivity index (χ2v) is 6.23. The van der Waals surface area contributed by atoms with Crippen molar-refractivity contribution < 1.29 is 31.1 Å². The Morgan fingerprint density at radius 1 is 0.964 bits per heavy atom. The third-order valence-electron chi connectivity index (χ3n) is 4.00. The second kappa shape index (κ2) is 6.54. The molecule has 3 rings (SSSR count). The second-order valence-electron chi connectivity index (χ2n) is 6.23. The molecule has 10 heteroatoms. The SMILES string of the molecule is Cc1ccc2nc(C)c(C(=O)Nc3cc(C(F)(F)F)cc(C(F)(F)F)c3)n2c1. The molecule has 0 saturated carbocycles. The summed E-state index contributed by atoms with van der Waals surface area (Å²) in [6, 6.07) is 4.31. The fraction of sp³-hybridized carbons (Fsp3) is 0.222. The number of imidazole rings is 1. The number of carbonyl (C=O) groups is 1. The standard InChI is InChI=1S/C18H13F6N3O/c1-9-3-4-14-25-10(2)15(27(14)8-9)16(28)26-13-6-11(17(19,20)21)5-12(7-13)18(22,23)24/h3-8H,1-2H3,(H,26,28). The van der Waals surface area contributed by atoms with Gasteiger partial charge >= 0.3 is 12.4 Å². The van der Waals surface area contributed by atoms with Crippen LogP contribution in [0.15, 0.2) is 36.5 Å². The van der Waals surface area contributed by atoms with E-state index < -0.39 is 35.1 Å². The van der Waals surface area contributed by atoms with Gasteiger partial charge in [0.05, 0.1) is 16.8 Å². The molecular weight excluding hydrogens is 388 g/mol. The molecule has 0 spiro atoms. The molecule has 28 heavy (non-hydrogen) atoms. The number of hydrogen-bond donors (Lipinski definition) is 1. The van der Waals surface area contributed by atoms with Crippen LogP contribution in [0.2, 0.25) is 0 Å². The summed E-state index contributed by atoms with van der Waals surface area (Å²) in [5.74, 6) is -0.872. The minimum Gasteiger partial charge on any atom is -0.321 e. The first-order valence-corrected chi connectivity index (χ1v) is 7.92. The lowest BCUT2D eigenvalue weighted by molar-refractivity contribution is -0.143. The van der Waals surface area contributed by atoms with Crippen LogP contribution in [0.4, 0.5) is 32.0 Å². The molecule has 0 aliphatic rings. The fourth-order valence-electron chi connectivity index (χ4n) is 2.76. The van der Waals surface area contributed by atoms with E-state index in [0.717, 1.165) is 5.56 Å². The molecule has 0 bridgehead atoms. The van der Waals surface area contributed by atoms with Gasteiger partial charge in [-0.25, -0.2) is 4.98 Å². The normalized spacial score (nSPS) is 12.4. The fourth-order valence-corrected chi connectivity index (χ4v) is 2.76. The van der Waals surface area contributed by atoms with Crippen LogP contribution < -0.4 is 5.32 Å². The van der Waals surface area contributed by atoms with Crippen molar-refractivity contribution in [3.63, 3.8) is 0 Å². The van der Waals surface area contributed by atoms with Gasteiger partial charge in [0.1, 0.15) is 11.3 Å². The molecule has 0 aliphatic carbocycles. The van der Waals surface area contributed by atoms with Gasteiger partial charge in [-0.15, -0.1) is 0 Å². The van der Waals surface area contributed by atoms with Crippen LogP contribution in [-0.2, 0) is 12.4 Å². The van der Waals surface area contributed by atoms with E-state index in [4.69, 9.17) is 0 Å². The van der Waals surface area contributed by atoms with Gasteiger partial charge in [0, 0.05) is 11.9 Å². The number of nitrogens with one attached hydrogen (secondary N) is 1. The third-order valence-corrected chi connectivity index (χ3v) is 4.00. The van der Waals surface area contributed by atoms with Crippen molar-refractivity contribution >= 4 is 17.2 Å². The number of aromatic nitrogens is 2. The first-order chi connectivity index (χ1) is 12.9. The number of anilines is 1. The molecule has 1 N–H and O–H groups in total. The summed E-state index contributed by atoms with van der Waals surface area (Å²) in [6.45, 7) is 3.28. The average Bonchev–Trinajstić information content (AvgIpc) is 2.88. The van der Waals surface area contributed by atoms with Crippen molar-refractivity contribution in [3.8, 4) is 0 Å². The van der Waals surface area contributed by atoms with E-state index in [2.05, 4.69) is 10.3 Å². The molecule has 2 aromatic heterocycles. The van der Waals surface area contributed by atoms with Crippen LogP contribution in [0.25, 0.3) is 5.65 Å². The molecule has 0 radical (unpaired) electrons. The molecule has 1 amide bonds.